The Labute approximate surface area is 122 Å². The van der Waals surface area contributed by atoms with E-state index < -0.39 is 36.5 Å². The number of nitrogens with one attached hydrogen (secondary N) is 3. The van der Waals surface area contributed by atoms with Gasteiger partial charge in [0.05, 0.1) is 0 Å². The first kappa shape index (κ1) is 16.7. The molecule has 21 heavy (non-hydrogen) atoms. The maximum absolute atomic E-state index is 12.0. The van der Waals surface area contributed by atoms with E-state index in [1.807, 2.05) is 19.2 Å². The molecule has 0 aliphatic carbocycles. The van der Waals surface area contributed by atoms with Crippen molar-refractivity contribution < 1.29 is 19.2 Å². The molecule has 0 saturated carbocycles. The summed E-state index contributed by atoms with van der Waals surface area (Å²) in [5.74, 6) is -0.946. The van der Waals surface area contributed by atoms with Crippen molar-refractivity contribution in [1.82, 2.24) is 20.9 Å². The lowest BCUT2D eigenvalue weighted by Gasteiger charge is -2.13. The van der Waals surface area contributed by atoms with Crippen LogP contribution in [0.5, 0.6) is 0 Å². The summed E-state index contributed by atoms with van der Waals surface area (Å²) in [6, 6.07) is -1.93. The van der Waals surface area contributed by atoms with Crippen molar-refractivity contribution in [2.75, 3.05) is 13.1 Å². The van der Waals surface area contributed by atoms with E-state index in [1.54, 1.807) is 0 Å². The molecule has 1 atom stereocenters. The zero-order valence-corrected chi connectivity index (χ0v) is 12.1. The average Bonchev–Trinajstić information content (AvgIpc) is 2.63. The van der Waals surface area contributed by atoms with E-state index in [0.29, 0.717) is 6.42 Å². The molecular formula is C13H20N4O4. The summed E-state index contributed by atoms with van der Waals surface area (Å²) in [7, 11) is 0. The zero-order valence-electron chi connectivity index (χ0n) is 12.1. The smallest absolute Gasteiger partial charge is 0.325 e. The van der Waals surface area contributed by atoms with E-state index in [-0.39, 0.29) is 12.5 Å². The van der Waals surface area contributed by atoms with Crippen molar-refractivity contribution in [2.24, 2.45) is 5.92 Å². The second-order valence-corrected chi connectivity index (χ2v) is 5.10. The summed E-state index contributed by atoms with van der Waals surface area (Å²) in [5.41, 5.74) is 0. The second kappa shape index (κ2) is 7.41. The molecule has 116 valence electrons. The van der Waals surface area contributed by atoms with E-state index in [9.17, 15) is 19.2 Å². The average molecular weight is 296 g/mol. The fourth-order valence-electron chi connectivity index (χ4n) is 1.88. The fraction of sp³-hybridized carbons (Fsp3) is 0.538. The third-order valence-electron chi connectivity index (χ3n) is 2.78. The van der Waals surface area contributed by atoms with Gasteiger partial charge in [-0.1, -0.05) is 19.9 Å². The highest BCUT2D eigenvalue weighted by molar-refractivity contribution is 6.07. The van der Waals surface area contributed by atoms with Crippen LogP contribution in [0, 0.1) is 5.92 Å². The molecule has 0 aromatic carbocycles. The van der Waals surface area contributed by atoms with Crippen molar-refractivity contribution in [2.45, 2.75) is 26.3 Å². The number of imide groups is 2. The summed E-state index contributed by atoms with van der Waals surface area (Å²) in [6.07, 6.45) is 1.96. The molecule has 1 aliphatic rings. The van der Waals surface area contributed by atoms with Crippen LogP contribution < -0.4 is 16.0 Å². The molecule has 0 aromatic heterocycles. The number of hydrogen-bond acceptors (Lipinski definition) is 4. The van der Waals surface area contributed by atoms with Crippen molar-refractivity contribution in [3.05, 3.63) is 12.7 Å². The van der Waals surface area contributed by atoms with Crippen molar-refractivity contribution in [3.8, 4) is 0 Å². The Morgan fingerprint density at radius 2 is 2.10 bits per heavy atom. The van der Waals surface area contributed by atoms with Gasteiger partial charge in [-0.05, 0) is 12.3 Å². The van der Waals surface area contributed by atoms with Crippen molar-refractivity contribution in [1.29, 1.82) is 0 Å². The quantitative estimate of drug-likeness (QED) is 0.472. The van der Waals surface area contributed by atoms with Gasteiger partial charge >= 0.3 is 12.1 Å². The number of carbonyl (C=O) groups excluding carboxylic acids is 4. The van der Waals surface area contributed by atoms with Gasteiger partial charge in [0, 0.05) is 6.54 Å². The molecule has 0 spiro atoms. The molecule has 8 nitrogen and oxygen atoms in total. The minimum atomic E-state index is -0.731. The van der Waals surface area contributed by atoms with E-state index >= 15 is 0 Å². The van der Waals surface area contributed by atoms with Crippen LogP contribution in [-0.4, -0.2) is 47.9 Å². The number of rotatable bonds is 6. The first-order valence-electron chi connectivity index (χ1n) is 6.65. The lowest BCUT2D eigenvalue weighted by Crippen LogP contribution is -2.46. The van der Waals surface area contributed by atoms with Crippen LogP contribution in [0.2, 0.25) is 0 Å². The molecule has 6 amide bonds. The van der Waals surface area contributed by atoms with Crippen LogP contribution in [0.4, 0.5) is 9.59 Å². The van der Waals surface area contributed by atoms with Gasteiger partial charge in [0.2, 0.25) is 5.91 Å². The lowest BCUT2D eigenvalue weighted by molar-refractivity contribution is -0.132. The van der Waals surface area contributed by atoms with Crippen LogP contribution in [0.25, 0.3) is 0 Å². The van der Waals surface area contributed by atoms with Gasteiger partial charge in [-0.2, -0.15) is 0 Å². The Morgan fingerprint density at radius 3 is 2.67 bits per heavy atom. The summed E-state index contributed by atoms with van der Waals surface area (Å²) in [6.45, 7) is 6.99. The standard InChI is InChI=1S/C13H20N4O4/c1-4-5-14-12(20)16-10(18)7-17-11(19)9(6-8(2)3)15-13(17)21/h4,8-9H,1,5-7H2,2-3H3,(H,15,21)(H2,14,16,18,20)/t9-/m0/s1. The first-order valence-corrected chi connectivity index (χ1v) is 6.65. The number of hydrogen-bond donors (Lipinski definition) is 3. The molecule has 0 unspecified atom stereocenters. The molecule has 8 heteroatoms. The minimum Gasteiger partial charge on any atom is -0.334 e. The Kier molecular flexibility index (Phi) is 5.89. The Balaban J connectivity index is 2.52. The van der Waals surface area contributed by atoms with E-state index in [0.717, 1.165) is 4.90 Å². The topological polar surface area (TPSA) is 108 Å². The maximum Gasteiger partial charge on any atom is 0.325 e. The summed E-state index contributed by atoms with van der Waals surface area (Å²) < 4.78 is 0. The molecule has 0 aromatic rings. The molecular weight excluding hydrogens is 276 g/mol. The Morgan fingerprint density at radius 1 is 1.43 bits per heavy atom. The van der Waals surface area contributed by atoms with Gasteiger partial charge in [-0.3, -0.25) is 19.8 Å². The van der Waals surface area contributed by atoms with Gasteiger partial charge in [-0.15, -0.1) is 6.58 Å². The normalized spacial score (nSPS) is 17.7. The summed E-state index contributed by atoms with van der Waals surface area (Å²) in [4.78, 5) is 47.4. The van der Waals surface area contributed by atoms with Gasteiger partial charge in [0.15, 0.2) is 0 Å². The SMILES string of the molecule is C=CCNC(=O)NC(=O)CN1C(=O)N[C@@H](CC(C)C)C1=O. The van der Waals surface area contributed by atoms with Crippen LogP contribution in [-0.2, 0) is 9.59 Å². The maximum atomic E-state index is 12.0. The van der Waals surface area contributed by atoms with Crippen LogP contribution in [0.15, 0.2) is 12.7 Å². The van der Waals surface area contributed by atoms with Gasteiger partial charge < -0.3 is 10.6 Å². The van der Waals surface area contributed by atoms with Gasteiger partial charge in [0.25, 0.3) is 5.91 Å². The monoisotopic (exact) mass is 296 g/mol. The second-order valence-electron chi connectivity index (χ2n) is 5.10. The van der Waals surface area contributed by atoms with Crippen LogP contribution in [0.1, 0.15) is 20.3 Å². The predicted molar refractivity (Wildman–Crippen MR) is 75.2 cm³/mol. The van der Waals surface area contributed by atoms with E-state index in [4.69, 9.17) is 0 Å². The number of urea groups is 2. The molecule has 1 saturated heterocycles. The first-order chi connectivity index (χ1) is 9.85. The predicted octanol–water partition coefficient (Wildman–Crippen LogP) is -0.0353. The number of nitrogens with zero attached hydrogens (tertiary/aromatic N) is 1. The molecule has 1 heterocycles. The number of amides is 6. The van der Waals surface area contributed by atoms with Crippen LogP contribution >= 0.6 is 0 Å². The molecule has 1 rings (SSSR count). The van der Waals surface area contributed by atoms with E-state index in [2.05, 4.69) is 17.2 Å². The molecule has 1 fully saturated rings. The fourth-order valence-corrected chi connectivity index (χ4v) is 1.88. The Bertz CT molecular complexity index is 461. The molecule has 3 N–H and O–H groups in total. The third-order valence-corrected chi connectivity index (χ3v) is 2.78. The summed E-state index contributed by atoms with van der Waals surface area (Å²) >= 11 is 0. The van der Waals surface area contributed by atoms with Crippen molar-refractivity contribution in [3.63, 3.8) is 0 Å². The highest BCUT2D eigenvalue weighted by Gasteiger charge is 2.39. The molecule has 0 bridgehead atoms. The Hall–Kier alpha value is -2.38. The number of carbonyl (C=O) groups is 4. The lowest BCUT2D eigenvalue weighted by atomic mass is 10.0. The van der Waals surface area contributed by atoms with E-state index in [1.165, 1.54) is 6.08 Å². The zero-order chi connectivity index (χ0) is 16.0. The highest BCUT2D eigenvalue weighted by Crippen LogP contribution is 2.13. The largest absolute Gasteiger partial charge is 0.334 e. The van der Waals surface area contributed by atoms with Gasteiger partial charge in [0.1, 0.15) is 12.6 Å². The molecule has 1 aliphatic heterocycles. The van der Waals surface area contributed by atoms with Crippen molar-refractivity contribution >= 4 is 23.9 Å². The minimum absolute atomic E-state index is 0.207. The summed E-state index contributed by atoms with van der Waals surface area (Å²) in [5, 5.41) is 6.90. The van der Waals surface area contributed by atoms with Crippen LogP contribution in [0.3, 0.4) is 0 Å². The van der Waals surface area contributed by atoms with Gasteiger partial charge in [-0.25, -0.2) is 9.59 Å². The molecule has 0 radical (unpaired) electrons. The third kappa shape index (κ3) is 4.90. The highest BCUT2D eigenvalue weighted by atomic mass is 16.2.